The zero-order valence-corrected chi connectivity index (χ0v) is 8.29. The zero-order valence-electron chi connectivity index (χ0n) is 8.29. The average molecular weight is 196 g/mol. The fourth-order valence-corrected chi connectivity index (χ4v) is 1.22. The van der Waals surface area contributed by atoms with Gasteiger partial charge in [-0.25, -0.2) is 4.79 Å². The maximum atomic E-state index is 10.7. The summed E-state index contributed by atoms with van der Waals surface area (Å²) >= 11 is 0. The number of aliphatic carboxylic acids is 1. The highest BCUT2D eigenvalue weighted by atomic mass is 16.4. The van der Waals surface area contributed by atoms with Gasteiger partial charge in [0.15, 0.2) is 0 Å². The Morgan fingerprint density at radius 2 is 2.50 bits per heavy atom. The van der Waals surface area contributed by atoms with Crippen molar-refractivity contribution in [3.05, 3.63) is 23.9 Å². The molecule has 0 bridgehead atoms. The largest absolute Gasteiger partial charge is 0.478 e. The van der Waals surface area contributed by atoms with Crippen LogP contribution in [0.15, 0.2) is 23.9 Å². The summed E-state index contributed by atoms with van der Waals surface area (Å²) in [4.78, 5) is 10.7. The molecule has 1 rings (SSSR count). The highest BCUT2D eigenvalue weighted by molar-refractivity contribution is 5.90. The molecule has 0 spiro atoms. The first-order valence-electron chi connectivity index (χ1n) is 4.85. The molecule has 0 aromatic heterocycles. The second-order valence-electron chi connectivity index (χ2n) is 3.21. The number of rotatable bonds is 5. The molecule has 1 heterocycles. The van der Waals surface area contributed by atoms with Gasteiger partial charge in [-0.1, -0.05) is 13.3 Å². The Morgan fingerprint density at radius 1 is 1.71 bits per heavy atom. The molecule has 0 aromatic rings. The van der Waals surface area contributed by atoms with Gasteiger partial charge in [0, 0.05) is 0 Å². The van der Waals surface area contributed by atoms with Crippen LogP contribution >= 0.6 is 0 Å². The maximum absolute atomic E-state index is 10.7. The van der Waals surface area contributed by atoms with E-state index in [0.29, 0.717) is 5.57 Å². The molecular formula is C10H16N2O2. The minimum Gasteiger partial charge on any atom is -0.478 e. The number of hydrogen-bond donors (Lipinski definition) is 3. The Morgan fingerprint density at radius 3 is 3.14 bits per heavy atom. The van der Waals surface area contributed by atoms with Crippen LogP contribution in [0.5, 0.6) is 0 Å². The first kappa shape index (κ1) is 10.8. The van der Waals surface area contributed by atoms with Crippen LogP contribution < -0.4 is 10.6 Å². The van der Waals surface area contributed by atoms with Gasteiger partial charge in [0.25, 0.3) is 0 Å². The van der Waals surface area contributed by atoms with E-state index in [9.17, 15) is 4.79 Å². The quantitative estimate of drug-likeness (QED) is 0.570. The molecule has 14 heavy (non-hydrogen) atoms. The van der Waals surface area contributed by atoms with Gasteiger partial charge in [-0.3, -0.25) is 5.32 Å². The third-order valence-electron chi connectivity index (χ3n) is 2.03. The highest BCUT2D eigenvalue weighted by Gasteiger charge is 2.11. The molecule has 1 unspecified atom stereocenters. The topological polar surface area (TPSA) is 61.4 Å². The Kier molecular flexibility index (Phi) is 4.19. The van der Waals surface area contributed by atoms with E-state index < -0.39 is 5.97 Å². The van der Waals surface area contributed by atoms with E-state index in [1.54, 1.807) is 18.4 Å². The van der Waals surface area contributed by atoms with Gasteiger partial charge in [0.2, 0.25) is 0 Å². The van der Waals surface area contributed by atoms with Crippen molar-refractivity contribution in [3.8, 4) is 0 Å². The van der Waals surface area contributed by atoms with E-state index in [1.807, 2.05) is 0 Å². The van der Waals surface area contributed by atoms with Crippen LogP contribution in [0, 0.1) is 0 Å². The van der Waals surface area contributed by atoms with Gasteiger partial charge in [0.05, 0.1) is 11.7 Å². The summed E-state index contributed by atoms with van der Waals surface area (Å²) in [6, 6.07) is 0. The second-order valence-corrected chi connectivity index (χ2v) is 3.21. The molecule has 1 atom stereocenters. The van der Waals surface area contributed by atoms with Crippen LogP contribution in [0.25, 0.3) is 0 Å². The van der Waals surface area contributed by atoms with E-state index in [4.69, 9.17) is 5.11 Å². The Hall–Kier alpha value is -1.29. The van der Waals surface area contributed by atoms with E-state index in [2.05, 4.69) is 17.6 Å². The van der Waals surface area contributed by atoms with E-state index >= 15 is 0 Å². The lowest BCUT2D eigenvalue weighted by molar-refractivity contribution is -0.132. The first-order valence-corrected chi connectivity index (χ1v) is 4.85. The van der Waals surface area contributed by atoms with E-state index in [0.717, 1.165) is 19.4 Å². The zero-order chi connectivity index (χ0) is 10.4. The molecule has 0 saturated carbocycles. The van der Waals surface area contributed by atoms with Crippen molar-refractivity contribution in [1.82, 2.24) is 10.6 Å². The van der Waals surface area contributed by atoms with Crippen LogP contribution in [0.2, 0.25) is 0 Å². The molecule has 78 valence electrons. The van der Waals surface area contributed by atoms with Crippen molar-refractivity contribution >= 4 is 5.97 Å². The smallest absolute Gasteiger partial charge is 0.335 e. The van der Waals surface area contributed by atoms with Crippen LogP contribution in [0.1, 0.15) is 19.8 Å². The molecule has 0 radical (unpaired) electrons. The molecule has 0 fully saturated rings. The average Bonchev–Trinajstić information content (AvgIpc) is 2.19. The summed E-state index contributed by atoms with van der Waals surface area (Å²) in [5, 5.41) is 15.0. The molecule has 0 aliphatic carbocycles. The van der Waals surface area contributed by atoms with Gasteiger partial charge >= 0.3 is 5.97 Å². The lowest BCUT2D eigenvalue weighted by atomic mass is 10.2. The number of carboxylic acid groups (broad SMARTS) is 1. The van der Waals surface area contributed by atoms with Gasteiger partial charge in [-0.05, 0) is 31.3 Å². The molecule has 0 amide bonds. The molecule has 3 N–H and O–H groups in total. The molecule has 0 saturated heterocycles. The molecule has 0 aromatic carbocycles. The monoisotopic (exact) mass is 196 g/mol. The van der Waals surface area contributed by atoms with Crippen molar-refractivity contribution in [3.63, 3.8) is 0 Å². The van der Waals surface area contributed by atoms with Crippen LogP contribution in [-0.4, -0.2) is 23.8 Å². The summed E-state index contributed by atoms with van der Waals surface area (Å²) < 4.78 is 0. The molecule has 1 aliphatic rings. The Bertz CT molecular complexity index is 259. The number of dihydropyridines is 1. The van der Waals surface area contributed by atoms with Crippen molar-refractivity contribution in [1.29, 1.82) is 0 Å². The number of nitrogens with one attached hydrogen (secondary N) is 2. The highest BCUT2D eigenvalue weighted by Crippen LogP contribution is 2.03. The predicted molar refractivity (Wildman–Crippen MR) is 54.7 cm³/mol. The predicted octanol–water partition coefficient (Wildman–Crippen LogP) is 0.830. The van der Waals surface area contributed by atoms with Crippen molar-refractivity contribution < 1.29 is 9.90 Å². The fraction of sp³-hybridized carbons (Fsp3) is 0.500. The van der Waals surface area contributed by atoms with Gasteiger partial charge in [-0.2, -0.15) is 0 Å². The minimum absolute atomic E-state index is 0.0577. The molecule has 4 nitrogen and oxygen atoms in total. The van der Waals surface area contributed by atoms with Crippen LogP contribution in [-0.2, 0) is 4.79 Å². The lowest BCUT2D eigenvalue weighted by Gasteiger charge is -2.18. The minimum atomic E-state index is -0.884. The summed E-state index contributed by atoms with van der Waals surface area (Å²) in [6.07, 6.45) is 7.06. The lowest BCUT2D eigenvalue weighted by Crippen LogP contribution is -2.40. The maximum Gasteiger partial charge on any atom is 0.335 e. The third-order valence-corrected chi connectivity index (χ3v) is 2.03. The number of carbonyl (C=O) groups is 1. The number of hydrogen-bond acceptors (Lipinski definition) is 3. The fourth-order valence-electron chi connectivity index (χ4n) is 1.22. The van der Waals surface area contributed by atoms with Crippen LogP contribution in [0.3, 0.4) is 0 Å². The molecular weight excluding hydrogens is 180 g/mol. The van der Waals surface area contributed by atoms with Crippen molar-refractivity contribution in [2.75, 3.05) is 6.54 Å². The molecule has 1 aliphatic heterocycles. The second kappa shape index (κ2) is 5.44. The number of unbranched alkanes of at least 4 members (excludes halogenated alkanes) is 1. The Balaban J connectivity index is 2.41. The summed E-state index contributed by atoms with van der Waals surface area (Å²) in [7, 11) is 0. The first-order chi connectivity index (χ1) is 6.74. The SMILES string of the molecule is CCCCNC1C=C(C(=O)O)C=CN1. The van der Waals surface area contributed by atoms with E-state index in [1.165, 1.54) is 0 Å². The summed E-state index contributed by atoms with van der Waals surface area (Å²) in [6.45, 7) is 3.01. The van der Waals surface area contributed by atoms with Crippen molar-refractivity contribution in [2.24, 2.45) is 0 Å². The van der Waals surface area contributed by atoms with E-state index in [-0.39, 0.29) is 6.17 Å². The number of carboxylic acids is 1. The molecule has 4 heteroatoms. The van der Waals surface area contributed by atoms with Gasteiger partial charge in [0.1, 0.15) is 0 Å². The summed E-state index contributed by atoms with van der Waals surface area (Å²) in [5.41, 5.74) is 0.331. The van der Waals surface area contributed by atoms with Gasteiger partial charge < -0.3 is 10.4 Å². The van der Waals surface area contributed by atoms with Crippen LogP contribution in [0.4, 0.5) is 0 Å². The normalized spacial score (nSPS) is 20.1. The van der Waals surface area contributed by atoms with Gasteiger partial charge in [-0.15, -0.1) is 0 Å². The van der Waals surface area contributed by atoms with Crippen molar-refractivity contribution in [2.45, 2.75) is 25.9 Å². The Labute approximate surface area is 83.7 Å². The standard InChI is InChI=1S/C10H16N2O2/c1-2-3-5-11-9-7-8(10(13)14)4-6-12-9/h4,6-7,9,11-12H,2-3,5H2,1H3,(H,13,14). The summed E-state index contributed by atoms with van der Waals surface area (Å²) in [5.74, 6) is -0.884. The third kappa shape index (κ3) is 3.22.